The second-order valence-electron chi connectivity index (χ2n) is 7.35. The number of halogens is 1. The Hall–Kier alpha value is -2.37. The number of morpholine rings is 1. The molecule has 31 heavy (non-hydrogen) atoms. The summed E-state index contributed by atoms with van der Waals surface area (Å²) in [5.41, 5.74) is 1.39. The predicted octanol–water partition coefficient (Wildman–Crippen LogP) is 1.44. The summed E-state index contributed by atoms with van der Waals surface area (Å²) < 4.78 is 17.4. The zero-order valence-corrected chi connectivity index (χ0v) is 17.9. The van der Waals surface area contributed by atoms with Crippen molar-refractivity contribution < 1.29 is 28.9 Å². The number of carbonyl (C=O) groups is 2. The van der Waals surface area contributed by atoms with Gasteiger partial charge in [0.1, 0.15) is 25.1 Å². The zero-order valence-electron chi connectivity index (χ0n) is 16.3. The number of hydrogen-bond donors (Lipinski definition) is 2. The molecule has 9 nitrogen and oxygen atoms in total. The summed E-state index contributed by atoms with van der Waals surface area (Å²) in [5, 5.41) is 13.4. The van der Waals surface area contributed by atoms with Crippen molar-refractivity contribution in [2.24, 2.45) is 0 Å². The summed E-state index contributed by atoms with van der Waals surface area (Å²) in [6.45, 7) is 1.51. The maximum Gasteiger partial charge on any atom is 0.261 e. The number of aliphatic hydroxyl groups excluding tert-OH is 1. The number of amides is 2. The van der Waals surface area contributed by atoms with Crippen LogP contribution >= 0.6 is 22.9 Å². The lowest BCUT2D eigenvalue weighted by atomic mass is 10.1. The van der Waals surface area contributed by atoms with Gasteiger partial charge in [0.15, 0.2) is 0 Å². The lowest BCUT2D eigenvalue weighted by molar-refractivity contribution is -0.125. The van der Waals surface area contributed by atoms with Gasteiger partial charge in [0.2, 0.25) is 6.41 Å². The molecule has 2 amide bonds. The normalized spacial score (nSPS) is 25.1. The molecular weight excluding hydrogens is 446 g/mol. The fourth-order valence-corrected chi connectivity index (χ4v) is 4.97. The number of hydrogen-bond acceptors (Lipinski definition) is 8. The summed E-state index contributed by atoms with van der Waals surface area (Å²) in [7, 11) is 0. The van der Waals surface area contributed by atoms with Gasteiger partial charge in [0.05, 0.1) is 27.5 Å². The highest BCUT2D eigenvalue weighted by Gasteiger charge is 2.45. The van der Waals surface area contributed by atoms with Crippen LogP contribution in [0, 0.1) is 0 Å². The first-order chi connectivity index (χ1) is 15.0. The average Bonchev–Trinajstić information content (AvgIpc) is 3.35. The zero-order chi connectivity index (χ0) is 21.5. The van der Waals surface area contributed by atoms with E-state index in [0.29, 0.717) is 33.8 Å². The third kappa shape index (κ3) is 3.85. The van der Waals surface area contributed by atoms with Crippen LogP contribution in [0.25, 0.3) is 0 Å². The number of anilines is 2. The molecule has 5 rings (SSSR count). The molecule has 2 saturated heterocycles. The lowest BCUT2D eigenvalue weighted by Crippen LogP contribution is -2.48. The Labute approximate surface area is 187 Å². The van der Waals surface area contributed by atoms with E-state index in [1.54, 1.807) is 34.1 Å². The Balaban J connectivity index is 1.30. The van der Waals surface area contributed by atoms with Gasteiger partial charge in [-0.3, -0.25) is 9.59 Å². The van der Waals surface area contributed by atoms with Crippen LogP contribution in [0.4, 0.5) is 11.4 Å². The van der Waals surface area contributed by atoms with Crippen molar-refractivity contribution in [1.29, 1.82) is 0 Å². The molecule has 2 N–H and O–H groups in total. The number of aliphatic hydroxyl groups is 1. The minimum atomic E-state index is -1.17. The molecule has 4 heterocycles. The number of benzene rings is 1. The maximum atomic E-state index is 12.3. The third-order valence-electron chi connectivity index (χ3n) is 5.51. The van der Waals surface area contributed by atoms with Gasteiger partial charge in [0.25, 0.3) is 11.8 Å². The smallest absolute Gasteiger partial charge is 0.261 e. The lowest BCUT2D eigenvalue weighted by Gasteiger charge is -2.35. The van der Waals surface area contributed by atoms with Crippen molar-refractivity contribution in [3.8, 4) is 5.75 Å². The second-order valence-corrected chi connectivity index (χ2v) is 9.07. The molecule has 0 spiro atoms. The van der Waals surface area contributed by atoms with Gasteiger partial charge in [0, 0.05) is 24.8 Å². The maximum absolute atomic E-state index is 12.3. The van der Waals surface area contributed by atoms with Gasteiger partial charge in [-0.05, 0) is 24.3 Å². The minimum Gasteiger partial charge on any atom is -0.489 e. The molecule has 0 bridgehead atoms. The highest BCUT2D eigenvalue weighted by atomic mass is 35.5. The molecule has 3 aliphatic heterocycles. The second kappa shape index (κ2) is 8.29. The SMILES string of the molecule is O=C(NC[C@@H]1OC(O)N2c3ccc(N4CCOCC4=O)cc3OC[C@@H]12)c1ccc(Cl)s1. The van der Waals surface area contributed by atoms with Gasteiger partial charge in [-0.1, -0.05) is 11.6 Å². The molecule has 1 aromatic heterocycles. The first-order valence-electron chi connectivity index (χ1n) is 9.81. The molecule has 0 radical (unpaired) electrons. The number of ether oxygens (including phenoxy) is 3. The minimum absolute atomic E-state index is 0.0593. The highest BCUT2D eigenvalue weighted by Crippen LogP contribution is 2.41. The molecule has 1 unspecified atom stereocenters. The Morgan fingerprint density at radius 2 is 2.19 bits per heavy atom. The Kier molecular flexibility index (Phi) is 5.49. The molecular formula is C20H20ClN3O6S. The third-order valence-corrected chi connectivity index (χ3v) is 6.74. The molecule has 3 aliphatic rings. The fraction of sp³-hybridized carbons (Fsp3) is 0.400. The molecule has 11 heteroatoms. The Bertz CT molecular complexity index is 1020. The van der Waals surface area contributed by atoms with Crippen molar-refractivity contribution >= 4 is 46.1 Å². The van der Waals surface area contributed by atoms with Gasteiger partial charge >= 0.3 is 0 Å². The van der Waals surface area contributed by atoms with E-state index in [1.165, 1.54) is 11.3 Å². The van der Waals surface area contributed by atoms with Crippen LogP contribution < -0.4 is 19.9 Å². The number of thiophene rings is 1. The van der Waals surface area contributed by atoms with Crippen LogP contribution in [0.1, 0.15) is 9.67 Å². The van der Waals surface area contributed by atoms with Crippen molar-refractivity contribution in [3.63, 3.8) is 0 Å². The monoisotopic (exact) mass is 465 g/mol. The van der Waals surface area contributed by atoms with Crippen LogP contribution in [0.5, 0.6) is 5.75 Å². The van der Waals surface area contributed by atoms with E-state index in [1.807, 2.05) is 6.07 Å². The molecule has 2 fully saturated rings. The van der Waals surface area contributed by atoms with Crippen molar-refractivity contribution in [3.05, 3.63) is 39.5 Å². The van der Waals surface area contributed by atoms with Gasteiger partial charge < -0.3 is 34.4 Å². The van der Waals surface area contributed by atoms with E-state index in [9.17, 15) is 14.7 Å². The van der Waals surface area contributed by atoms with E-state index in [0.717, 1.165) is 5.69 Å². The molecule has 0 saturated carbocycles. The number of nitrogens with one attached hydrogen (secondary N) is 1. The first-order valence-corrected chi connectivity index (χ1v) is 11.0. The summed E-state index contributed by atoms with van der Waals surface area (Å²) in [6, 6.07) is 8.47. The van der Waals surface area contributed by atoms with Crippen molar-refractivity contribution in [2.45, 2.75) is 18.6 Å². The van der Waals surface area contributed by atoms with Crippen molar-refractivity contribution in [1.82, 2.24) is 5.32 Å². The molecule has 3 atom stereocenters. The molecule has 0 aliphatic carbocycles. The predicted molar refractivity (Wildman–Crippen MR) is 114 cm³/mol. The summed E-state index contributed by atoms with van der Waals surface area (Å²) in [6.07, 6.45) is -1.62. The number of rotatable bonds is 4. The molecule has 2 aromatic rings. The van der Waals surface area contributed by atoms with E-state index in [2.05, 4.69) is 5.32 Å². The van der Waals surface area contributed by atoms with Gasteiger partial charge in [-0.2, -0.15) is 0 Å². The van der Waals surface area contributed by atoms with Crippen LogP contribution in [0.15, 0.2) is 30.3 Å². The van der Waals surface area contributed by atoms with Crippen LogP contribution in [0.2, 0.25) is 4.34 Å². The number of nitrogens with zero attached hydrogens (tertiary/aromatic N) is 2. The Morgan fingerprint density at radius 1 is 1.32 bits per heavy atom. The van der Waals surface area contributed by atoms with E-state index in [-0.39, 0.29) is 37.6 Å². The molecule has 164 valence electrons. The fourth-order valence-electron chi connectivity index (χ4n) is 4.01. The van der Waals surface area contributed by atoms with Crippen LogP contribution in [-0.2, 0) is 14.3 Å². The van der Waals surface area contributed by atoms with Crippen LogP contribution in [-0.4, -0.2) is 68.4 Å². The standard InChI is InChI=1S/C20H20ClN3O6S/c21-17-4-3-16(31-17)19(26)22-8-15-13-9-29-14-7-11(23-5-6-28-10-18(23)25)1-2-12(14)24(13)20(27)30-15/h1-4,7,13,15,20,27H,5-6,8-10H2,(H,22,26)/t13-,15-,20?/m0/s1. The summed E-state index contributed by atoms with van der Waals surface area (Å²) >= 11 is 7.09. The number of fused-ring (bicyclic) bond motifs is 3. The number of carbonyl (C=O) groups excluding carboxylic acids is 2. The van der Waals surface area contributed by atoms with E-state index in [4.69, 9.17) is 25.8 Å². The first kappa shape index (κ1) is 20.5. The topological polar surface area (TPSA) is 101 Å². The molecule has 1 aromatic carbocycles. The summed E-state index contributed by atoms with van der Waals surface area (Å²) in [5.74, 6) is 0.214. The van der Waals surface area contributed by atoms with E-state index >= 15 is 0 Å². The Morgan fingerprint density at radius 3 is 2.97 bits per heavy atom. The summed E-state index contributed by atoms with van der Waals surface area (Å²) in [4.78, 5) is 28.3. The van der Waals surface area contributed by atoms with E-state index < -0.39 is 12.5 Å². The van der Waals surface area contributed by atoms with Crippen molar-refractivity contribution in [2.75, 3.05) is 42.7 Å². The van der Waals surface area contributed by atoms with Gasteiger partial charge in [-0.15, -0.1) is 11.3 Å². The largest absolute Gasteiger partial charge is 0.489 e. The quantitative estimate of drug-likeness (QED) is 0.704. The average molecular weight is 466 g/mol. The van der Waals surface area contributed by atoms with Gasteiger partial charge in [-0.25, -0.2) is 0 Å². The highest BCUT2D eigenvalue weighted by molar-refractivity contribution is 7.18. The van der Waals surface area contributed by atoms with Crippen LogP contribution in [0.3, 0.4) is 0 Å².